The van der Waals surface area contributed by atoms with E-state index in [0.29, 0.717) is 12.0 Å². The predicted octanol–water partition coefficient (Wildman–Crippen LogP) is 3.27. The first kappa shape index (κ1) is 14.3. The number of H-pyrrole nitrogens is 1. The van der Waals surface area contributed by atoms with E-state index in [-0.39, 0.29) is 0 Å². The smallest absolute Gasteiger partial charge is 0.138 e. The summed E-state index contributed by atoms with van der Waals surface area (Å²) >= 11 is 0. The fourth-order valence-electron chi connectivity index (χ4n) is 3.80. The second kappa shape index (κ2) is 6.08. The topological polar surface area (TPSA) is 66.5 Å². The van der Waals surface area contributed by atoms with Gasteiger partial charge < -0.3 is 10.3 Å². The van der Waals surface area contributed by atoms with Crippen molar-refractivity contribution in [2.24, 2.45) is 0 Å². The molecule has 1 aliphatic carbocycles. The lowest BCUT2D eigenvalue weighted by atomic mass is 9.80. The molecule has 1 fully saturated rings. The van der Waals surface area contributed by atoms with E-state index < -0.39 is 0 Å². The summed E-state index contributed by atoms with van der Waals surface area (Å²) in [6.45, 7) is 0. The molecule has 2 atom stereocenters. The summed E-state index contributed by atoms with van der Waals surface area (Å²) < 4.78 is 0. The van der Waals surface area contributed by atoms with Gasteiger partial charge in [0.05, 0.1) is 5.69 Å². The van der Waals surface area contributed by atoms with E-state index in [1.807, 2.05) is 24.5 Å². The minimum Gasteiger partial charge on any atom is -0.345 e. The molecule has 5 heteroatoms. The Morgan fingerprint density at radius 3 is 3.00 bits per heavy atom. The van der Waals surface area contributed by atoms with Crippen molar-refractivity contribution in [2.45, 2.75) is 37.6 Å². The lowest BCUT2D eigenvalue weighted by Gasteiger charge is -2.29. The van der Waals surface area contributed by atoms with Crippen LogP contribution in [0.4, 0.5) is 0 Å². The maximum absolute atomic E-state index is 4.50. The Morgan fingerprint density at radius 1 is 1.22 bits per heavy atom. The average molecular weight is 307 g/mol. The number of hydrogen-bond donors (Lipinski definition) is 2. The molecule has 4 rings (SSSR count). The highest BCUT2D eigenvalue weighted by Gasteiger charge is 2.25. The zero-order valence-corrected chi connectivity index (χ0v) is 13.3. The number of aromatic nitrogens is 4. The molecule has 3 aromatic heterocycles. The SMILES string of the molecule is CN[C@@H]1CCCC(c2ccnc3[nH]cc(-c4cccnn4)c23)C1. The van der Waals surface area contributed by atoms with Crippen LogP contribution in [0.5, 0.6) is 0 Å². The van der Waals surface area contributed by atoms with Crippen LogP contribution in [-0.2, 0) is 0 Å². The van der Waals surface area contributed by atoms with Gasteiger partial charge in [-0.2, -0.15) is 10.2 Å². The van der Waals surface area contributed by atoms with Crippen molar-refractivity contribution in [2.75, 3.05) is 7.05 Å². The Kier molecular flexibility index (Phi) is 3.79. The molecular weight excluding hydrogens is 286 g/mol. The second-order valence-electron chi connectivity index (χ2n) is 6.28. The molecule has 0 radical (unpaired) electrons. The number of hydrogen-bond acceptors (Lipinski definition) is 4. The predicted molar refractivity (Wildman–Crippen MR) is 91.2 cm³/mol. The van der Waals surface area contributed by atoms with Crippen LogP contribution in [0.15, 0.2) is 36.8 Å². The maximum Gasteiger partial charge on any atom is 0.138 e. The molecule has 118 valence electrons. The highest BCUT2D eigenvalue weighted by Crippen LogP contribution is 2.39. The molecule has 0 saturated heterocycles. The summed E-state index contributed by atoms with van der Waals surface area (Å²) in [4.78, 5) is 7.80. The molecule has 0 amide bonds. The van der Waals surface area contributed by atoms with Crippen LogP contribution in [0.25, 0.3) is 22.3 Å². The zero-order chi connectivity index (χ0) is 15.6. The summed E-state index contributed by atoms with van der Waals surface area (Å²) in [5.41, 5.74) is 4.32. The van der Waals surface area contributed by atoms with Crippen molar-refractivity contribution in [3.63, 3.8) is 0 Å². The Morgan fingerprint density at radius 2 is 2.17 bits per heavy atom. The molecule has 3 aromatic rings. The molecular formula is C18H21N5. The summed E-state index contributed by atoms with van der Waals surface area (Å²) in [7, 11) is 2.07. The molecule has 1 saturated carbocycles. The van der Waals surface area contributed by atoms with Crippen molar-refractivity contribution in [3.05, 3.63) is 42.4 Å². The van der Waals surface area contributed by atoms with E-state index >= 15 is 0 Å². The third kappa shape index (κ3) is 2.61. The number of pyridine rings is 1. The monoisotopic (exact) mass is 307 g/mol. The van der Waals surface area contributed by atoms with Crippen molar-refractivity contribution in [1.29, 1.82) is 0 Å². The Hall–Kier alpha value is -2.27. The third-order valence-electron chi connectivity index (χ3n) is 4.98. The molecule has 0 spiro atoms. The first-order valence-corrected chi connectivity index (χ1v) is 8.28. The number of aromatic amines is 1. The molecule has 0 aromatic carbocycles. The van der Waals surface area contributed by atoms with Gasteiger partial charge in [0.1, 0.15) is 5.65 Å². The van der Waals surface area contributed by atoms with Crippen molar-refractivity contribution < 1.29 is 0 Å². The highest BCUT2D eigenvalue weighted by molar-refractivity contribution is 5.95. The highest BCUT2D eigenvalue weighted by atomic mass is 15.1. The number of fused-ring (bicyclic) bond motifs is 1. The number of nitrogens with one attached hydrogen (secondary N) is 2. The standard InChI is InChI=1S/C18H21N5/c1-19-13-5-2-4-12(10-13)14-7-9-20-18-17(14)15(11-21-18)16-6-3-8-22-23-16/h3,6-9,11-13,19H,2,4-5,10H2,1H3,(H,20,21)/t12?,13-/m1/s1. The van der Waals surface area contributed by atoms with Crippen molar-refractivity contribution >= 4 is 11.0 Å². The maximum atomic E-state index is 4.50. The van der Waals surface area contributed by atoms with E-state index in [0.717, 1.165) is 16.9 Å². The summed E-state index contributed by atoms with van der Waals surface area (Å²) in [6, 6.07) is 6.72. The lowest BCUT2D eigenvalue weighted by molar-refractivity contribution is 0.356. The molecule has 1 unspecified atom stereocenters. The van der Waals surface area contributed by atoms with Gasteiger partial charge >= 0.3 is 0 Å². The van der Waals surface area contributed by atoms with E-state index in [1.54, 1.807) is 6.20 Å². The minimum atomic E-state index is 0.568. The molecule has 3 heterocycles. The van der Waals surface area contributed by atoms with E-state index in [4.69, 9.17) is 0 Å². The fourth-order valence-corrected chi connectivity index (χ4v) is 3.80. The quantitative estimate of drug-likeness (QED) is 0.779. The van der Waals surface area contributed by atoms with Crippen LogP contribution in [-0.4, -0.2) is 33.3 Å². The van der Waals surface area contributed by atoms with Crippen LogP contribution in [0, 0.1) is 0 Å². The first-order valence-electron chi connectivity index (χ1n) is 8.28. The number of rotatable bonds is 3. The van der Waals surface area contributed by atoms with Gasteiger partial charge in [0.25, 0.3) is 0 Å². The molecule has 5 nitrogen and oxygen atoms in total. The van der Waals surface area contributed by atoms with E-state index in [1.165, 1.54) is 36.6 Å². The lowest BCUT2D eigenvalue weighted by Crippen LogP contribution is -2.30. The van der Waals surface area contributed by atoms with Gasteiger partial charge in [0, 0.05) is 35.6 Å². The van der Waals surface area contributed by atoms with Gasteiger partial charge in [0.2, 0.25) is 0 Å². The van der Waals surface area contributed by atoms with Gasteiger partial charge in [-0.3, -0.25) is 0 Å². The largest absolute Gasteiger partial charge is 0.345 e. The van der Waals surface area contributed by atoms with Crippen LogP contribution >= 0.6 is 0 Å². The Bertz CT molecular complexity index is 796. The van der Waals surface area contributed by atoms with Crippen LogP contribution in [0.3, 0.4) is 0 Å². The molecule has 1 aliphatic rings. The minimum absolute atomic E-state index is 0.568. The summed E-state index contributed by atoms with van der Waals surface area (Å²) in [5.74, 6) is 0.568. The van der Waals surface area contributed by atoms with Crippen LogP contribution in [0.2, 0.25) is 0 Å². The van der Waals surface area contributed by atoms with Crippen molar-refractivity contribution in [1.82, 2.24) is 25.5 Å². The summed E-state index contributed by atoms with van der Waals surface area (Å²) in [6.07, 6.45) is 10.6. The molecule has 0 bridgehead atoms. The van der Waals surface area contributed by atoms with Crippen molar-refractivity contribution in [3.8, 4) is 11.3 Å². The van der Waals surface area contributed by atoms with Gasteiger partial charge in [-0.25, -0.2) is 4.98 Å². The van der Waals surface area contributed by atoms with Crippen LogP contribution in [0.1, 0.15) is 37.2 Å². The normalized spacial score (nSPS) is 21.6. The van der Waals surface area contributed by atoms with Gasteiger partial charge in [-0.15, -0.1) is 0 Å². The fraction of sp³-hybridized carbons (Fsp3) is 0.389. The van der Waals surface area contributed by atoms with Gasteiger partial charge in [0.15, 0.2) is 0 Å². The first-order chi connectivity index (χ1) is 11.4. The Balaban J connectivity index is 1.82. The average Bonchev–Trinajstić information content (AvgIpc) is 3.06. The second-order valence-corrected chi connectivity index (χ2v) is 6.28. The third-order valence-corrected chi connectivity index (χ3v) is 4.98. The number of nitrogens with zero attached hydrogens (tertiary/aromatic N) is 3. The Labute approximate surface area is 135 Å². The van der Waals surface area contributed by atoms with Gasteiger partial charge in [-0.1, -0.05) is 6.42 Å². The van der Waals surface area contributed by atoms with Crippen LogP contribution < -0.4 is 5.32 Å². The van der Waals surface area contributed by atoms with Gasteiger partial charge in [-0.05, 0) is 56.0 Å². The molecule has 23 heavy (non-hydrogen) atoms. The molecule has 0 aliphatic heterocycles. The van der Waals surface area contributed by atoms with E-state index in [2.05, 4.69) is 38.6 Å². The molecule has 2 N–H and O–H groups in total. The zero-order valence-electron chi connectivity index (χ0n) is 13.3. The summed E-state index contributed by atoms with van der Waals surface area (Å²) in [5, 5.41) is 12.9. The van der Waals surface area contributed by atoms with E-state index in [9.17, 15) is 0 Å².